The van der Waals surface area contributed by atoms with Gasteiger partial charge in [-0.05, 0) is 105 Å². The van der Waals surface area contributed by atoms with Gasteiger partial charge in [-0.3, -0.25) is 9.78 Å². The van der Waals surface area contributed by atoms with Crippen LogP contribution in [0.3, 0.4) is 0 Å². The molecule has 1 fully saturated rings. The molecule has 0 bridgehead atoms. The molecule has 1 aliphatic rings. The van der Waals surface area contributed by atoms with Crippen molar-refractivity contribution in [2.75, 3.05) is 10.2 Å². The van der Waals surface area contributed by atoms with Crippen LogP contribution in [-0.4, -0.2) is 20.6 Å². The molecule has 188 valence electrons. The Morgan fingerprint density at radius 3 is 2.43 bits per heavy atom. The minimum atomic E-state index is -0.128. The Hall–Kier alpha value is -3.97. The first-order chi connectivity index (χ1) is 17.8. The molecule has 0 aliphatic carbocycles. The Balaban J connectivity index is 1.65. The van der Waals surface area contributed by atoms with E-state index < -0.39 is 0 Å². The molecule has 37 heavy (non-hydrogen) atoms. The Labute approximate surface area is 223 Å². The van der Waals surface area contributed by atoms with Crippen LogP contribution in [0.4, 0.5) is 11.4 Å². The molecule has 1 aliphatic heterocycles. The molecule has 1 saturated heterocycles. The van der Waals surface area contributed by atoms with Gasteiger partial charge in [-0.25, -0.2) is 0 Å². The predicted octanol–water partition coefficient (Wildman–Crippen LogP) is 6.24. The summed E-state index contributed by atoms with van der Waals surface area (Å²) in [4.78, 5) is 18.4. The lowest BCUT2D eigenvalue weighted by Gasteiger charge is -2.28. The van der Waals surface area contributed by atoms with E-state index in [0.717, 1.165) is 17.1 Å². The summed E-state index contributed by atoms with van der Waals surface area (Å²) in [6.07, 6.45) is 1.82. The highest BCUT2D eigenvalue weighted by molar-refractivity contribution is 7.80. The van der Waals surface area contributed by atoms with Crippen molar-refractivity contribution < 1.29 is 4.79 Å². The molecule has 0 saturated carbocycles. The number of aryl methyl sites for hydroxylation is 2. The van der Waals surface area contributed by atoms with E-state index in [1.54, 1.807) is 0 Å². The number of hydrogen-bond acceptors (Lipinski definition) is 3. The smallest absolute Gasteiger partial charge is 0.221 e. The summed E-state index contributed by atoms with van der Waals surface area (Å²) < 4.78 is 2.34. The van der Waals surface area contributed by atoms with Crippen molar-refractivity contribution in [2.24, 2.45) is 0 Å². The molecular weight excluding hydrogens is 478 g/mol. The molecular formula is C30H31N5OS. The molecule has 0 spiro atoms. The third kappa shape index (κ3) is 4.51. The van der Waals surface area contributed by atoms with Gasteiger partial charge in [0, 0.05) is 41.6 Å². The molecule has 2 N–H and O–H groups in total. The van der Waals surface area contributed by atoms with Gasteiger partial charge in [0.15, 0.2) is 5.11 Å². The summed E-state index contributed by atoms with van der Waals surface area (Å²) in [6.45, 7) is 10.2. The fourth-order valence-electron chi connectivity index (χ4n) is 5.29. The van der Waals surface area contributed by atoms with Crippen LogP contribution in [0.25, 0.3) is 5.69 Å². The van der Waals surface area contributed by atoms with E-state index >= 15 is 0 Å². The minimum Gasteiger partial charge on any atom is -0.351 e. The van der Waals surface area contributed by atoms with E-state index in [4.69, 9.17) is 12.2 Å². The molecule has 2 aromatic carbocycles. The molecule has 1 amide bonds. The number of nitrogens with one attached hydrogen (secondary N) is 2. The van der Waals surface area contributed by atoms with Gasteiger partial charge >= 0.3 is 0 Å². The summed E-state index contributed by atoms with van der Waals surface area (Å²) in [5.41, 5.74) is 9.88. The fourth-order valence-corrected chi connectivity index (χ4v) is 5.64. The van der Waals surface area contributed by atoms with Crippen LogP contribution in [0.15, 0.2) is 72.9 Å². The second kappa shape index (κ2) is 9.82. The lowest BCUT2D eigenvalue weighted by atomic mass is 9.96. The SMILES string of the molecule is CC(=O)Nc1ccc(N2C(=S)NC(c3ccccn3)C2c2cc(C)n(-c3cccc(C)c3C)c2C)cc1. The van der Waals surface area contributed by atoms with Crippen LogP contribution in [-0.2, 0) is 4.79 Å². The monoisotopic (exact) mass is 509 g/mol. The number of carbonyl (C=O) groups excluding carboxylic acids is 1. The molecule has 7 heteroatoms. The zero-order chi connectivity index (χ0) is 26.3. The molecule has 4 aromatic rings. The average Bonchev–Trinajstić information content (AvgIpc) is 3.37. The molecule has 2 aromatic heterocycles. The van der Waals surface area contributed by atoms with Crippen molar-refractivity contribution in [1.29, 1.82) is 0 Å². The van der Waals surface area contributed by atoms with Gasteiger partial charge < -0.3 is 20.1 Å². The molecule has 0 radical (unpaired) electrons. The number of thiocarbonyl (C=S) groups is 1. The van der Waals surface area contributed by atoms with Crippen LogP contribution in [0, 0.1) is 27.7 Å². The number of carbonyl (C=O) groups is 1. The van der Waals surface area contributed by atoms with Crippen LogP contribution in [0.1, 0.15) is 52.8 Å². The molecule has 2 unspecified atom stereocenters. The predicted molar refractivity (Wildman–Crippen MR) is 153 cm³/mol. The summed E-state index contributed by atoms with van der Waals surface area (Å²) in [5.74, 6) is -0.0990. The number of aromatic nitrogens is 2. The van der Waals surface area contributed by atoms with Crippen LogP contribution in [0.5, 0.6) is 0 Å². The Morgan fingerprint density at radius 1 is 1.00 bits per heavy atom. The second-order valence-electron chi connectivity index (χ2n) is 9.61. The van der Waals surface area contributed by atoms with E-state index in [0.29, 0.717) is 5.11 Å². The van der Waals surface area contributed by atoms with Gasteiger partial charge in [0.1, 0.15) is 0 Å². The lowest BCUT2D eigenvalue weighted by Crippen LogP contribution is -2.29. The number of nitrogens with zero attached hydrogens (tertiary/aromatic N) is 3. The average molecular weight is 510 g/mol. The van der Waals surface area contributed by atoms with Gasteiger partial charge in [0.05, 0.1) is 17.8 Å². The van der Waals surface area contributed by atoms with E-state index in [1.807, 2.05) is 48.7 Å². The van der Waals surface area contributed by atoms with Gasteiger partial charge in [-0.1, -0.05) is 18.2 Å². The minimum absolute atomic E-state index is 0.0990. The molecule has 3 heterocycles. The van der Waals surface area contributed by atoms with Gasteiger partial charge in [-0.15, -0.1) is 0 Å². The van der Waals surface area contributed by atoms with Crippen LogP contribution in [0.2, 0.25) is 0 Å². The largest absolute Gasteiger partial charge is 0.351 e. The highest BCUT2D eigenvalue weighted by Crippen LogP contribution is 2.44. The molecule has 2 atom stereocenters. The number of rotatable bonds is 5. The number of benzene rings is 2. The van der Waals surface area contributed by atoms with Crippen molar-refractivity contribution >= 4 is 34.6 Å². The third-order valence-corrected chi connectivity index (χ3v) is 7.48. The van der Waals surface area contributed by atoms with Crippen molar-refractivity contribution in [3.05, 3.63) is 107 Å². The molecule has 5 rings (SSSR count). The lowest BCUT2D eigenvalue weighted by molar-refractivity contribution is -0.114. The Morgan fingerprint density at radius 2 is 1.76 bits per heavy atom. The number of anilines is 2. The van der Waals surface area contributed by atoms with Gasteiger partial charge in [0.2, 0.25) is 5.91 Å². The topological polar surface area (TPSA) is 62.2 Å². The van der Waals surface area contributed by atoms with E-state index in [1.165, 1.54) is 40.7 Å². The summed E-state index contributed by atoms with van der Waals surface area (Å²) in [7, 11) is 0. The van der Waals surface area contributed by atoms with E-state index in [-0.39, 0.29) is 18.0 Å². The summed E-state index contributed by atoms with van der Waals surface area (Å²) in [5, 5.41) is 7.03. The number of pyridine rings is 1. The normalized spacial score (nSPS) is 17.1. The Kier molecular flexibility index (Phi) is 6.56. The number of amides is 1. The zero-order valence-corrected chi connectivity index (χ0v) is 22.6. The standard InChI is InChI=1S/C30H31N5OS/c1-18-9-8-11-27(20(18)3)34-19(2)17-25(21(34)4)29-28(26-10-6-7-16-31-26)33-30(37)35(29)24-14-12-23(13-15-24)32-22(5)36/h6-17,28-29H,1-5H3,(H,32,36)(H,33,37). The maximum Gasteiger partial charge on any atom is 0.221 e. The third-order valence-electron chi connectivity index (χ3n) is 7.17. The van der Waals surface area contributed by atoms with Crippen molar-refractivity contribution in [2.45, 2.75) is 46.7 Å². The molecule has 6 nitrogen and oxygen atoms in total. The van der Waals surface area contributed by atoms with Crippen molar-refractivity contribution in [3.8, 4) is 5.69 Å². The second-order valence-corrected chi connectivity index (χ2v) is 9.99. The first-order valence-corrected chi connectivity index (χ1v) is 12.8. The Bertz CT molecular complexity index is 1480. The van der Waals surface area contributed by atoms with Crippen molar-refractivity contribution in [1.82, 2.24) is 14.9 Å². The first kappa shape index (κ1) is 24.7. The van der Waals surface area contributed by atoms with Crippen LogP contribution < -0.4 is 15.5 Å². The highest BCUT2D eigenvalue weighted by Gasteiger charge is 2.42. The fraction of sp³-hybridized carbons (Fsp3) is 0.233. The van der Waals surface area contributed by atoms with Crippen molar-refractivity contribution in [3.63, 3.8) is 0 Å². The maximum atomic E-state index is 11.5. The first-order valence-electron chi connectivity index (χ1n) is 12.4. The number of hydrogen-bond donors (Lipinski definition) is 2. The van der Waals surface area contributed by atoms with Gasteiger partial charge in [0.25, 0.3) is 0 Å². The summed E-state index contributed by atoms with van der Waals surface area (Å²) in [6, 6.07) is 22.3. The van der Waals surface area contributed by atoms with Crippen LogP contribution >= 0.6 is 12.2 Å². The highest BCUT2D eigenvalue weighted by atomic mass is 32.1. The quantitative estimate of drug-likeness (QED) is 0.312. The van der Waals surface area contributed by atoms with E-state index in [9.17, 15) is 4.79 Å². The van der Waals surface area contributed by atoms with E-state index in [2.05, 4.69) is 77.0 Å². The zero-order valence-electron chi connectivity index (χ0n) is 21.7. The van der Waals surface area contributed by atoms with Gasteiger partial charge in [-0.2, -0.15) is 0 Å². The maximum absolute atomic E-state index is 11.5. The summed E-state index contributed by atoms with van der Waals surface area (Å²) >= 11 is 5.90.